The van der Waals surface area contributed by atoms with Gasteiger partial charge in [0.1, 0.15) is 17.5 Å². The molecule has 1 heterocycles. The lowest BCUT2D eigenvalue weighted by Gasteiger charge is -2.26. The molecule has 3 rings (SSSR count). The van der Waals surface area contributed by atoms with Crippen molar-refractivity contribution < 1.29 is 18.0 Å². The van der Waals surface area contributed by atoms with E-state index in [4.69, 9.17) is 0 Å². The largest absolute Gasteiger partial charge is 0.331 e. The Hall–Kier alpha value is -2.15. The van der Waals surface area contributed by atoms with Gasteiger partial charge in [0.25, 0.3) is 0 Å². The fourth-order valence-electron chi connectivity index (χ4n) is 2.42. The maximum atomic E-state index is 13.5. The molecule has 120 valence electrons. The molecule has 1 aliphatic heterocycles. The molecule has 1 aliphatic rings. The molecule has 0 bridgehead atoms. The van der Waals surface area contributed by atoms with Crippen LogP contribution < -0.4 is 10.6 Å². The van der Waals surface area contributed by atoms with Crippen LogP contribution in [0.5, 0.6) is 0 Å². The first kappa shape index (κ1) is 15.7. The minimum absolute atomic E-state index is 0.117. The van der Waals surface area contributed by atoms with E-state index in [0.717, 1.165) is 22.8 Å². The summed E-state index contributed by atoms with van der Waals surface area (Å²) in [5.74, 6) is -1.16. The molecule has 0 spiro atoms. The first-order valence-corrected chi connectivity index (χ1v) is 7.96. The van der Waals surface area contributed by atoms with Crippen molar-refractivity contribution in [3.8, 4) is 0 Å². The van der Waals surface area contributed by atoms with Crippen LogP contribution in [-0.4, -0.2) is 11.8 Å². The smallest absolute Gasteiger partial charge is 0.319 e. The highest BCUT2D eigenvalue weighted by molar-refractivity contribution is 7.99. The number of hydrogen-bond donors (Lipinski definition) is 2. The second-order valence-corrected chi connectivity index (χ2v) is 6.23. The summed E-state index contributed by atoms with van der Waals surface area (Å²) >= 11 is 1.60. The quantitative estimate of drug-likeness (QED) is 0.849. The third-order valence-corrected chi connectivity index (χ3v) is 4.62. The standard InChI is InChI=1S/C16H13F3N2OS/c17-9-2-4-15-11(7-9)13(5-6-23-15)20-16(22)21-14-3-1-10(18)8-12(14)19/h1-4,7-8,13H,5-6H2,(H2,20,21,22)/t13-/m0/s1. The Kier molecular flexibility index (Phi) is 4.47. The Morgan fingerprint density at radius 2 is 1.83 bits per heavy atom. The van der Waals surface area contributed by atoms with Crippen LogP contribution in [0.1, 0.15) is 18.0 Å². The predicted molar refractivity (Wildman–Crippen MR) is 83.0 cm³/mol. The number of benzene rings is 2. The van der Waals surface area contributed by atoms with Crippen molar-refractivity contribution in [2.45, 2.75) is 17.4 Å². The average molecular weight is 338 g/mol. The highest BCUT2D eigenvalue weighted by atomic mass is 32.2. The molecular weight excluding hydrogens is 325 g/mol. The minimum atomic E-state index is -0.856. The summed E-state index contributed by atoms with van der Waals surface area (Å²) < 4.78 is 39.8. The van der Waals surface area contributed by atoms with Crippen LogP contribution in [-0.2, 0) is 0 Å². The maximum Gasteiger partial charge on any atom is 0.319 e. The van der Waals surface area contributed by atoms with Crippen LogP contribution in [0, 0.1) is 17.5 Å². The fourth-order valence-corrected chi connectivity index (χ4v) is 3.53. The van der Waals surface area contributed by atoms with E-state index in [1.165, 1.54) is 12.1 Å². The molecule has 0 saturated heterocycles. The van der Waals surface area contributed by atoms with Crippen molar-refractivity contribution in [1.82, 2.24) is 5.32 Å². The number of rotatable bonds is 2. The van der Waals surface area contributed by atoms with Crippen molar-refractivity contribution >= 4 is 23.5 Å². The van der Waals surface area contributed by atoms with Gasteiger partial charge in [-0.2, -0.15) is 0 Å². The zero-order chi connectivity index (χ0) is 16.4. The number of carbonyl (C=O) groups excluding carboxylic acids is 1. The zero-order valence-corrected chi connectivity index (χ0v) is 12.7. The molecule has 23 heavy (non-hydrogen) atoms. The third-order valence-electron chi connectivity index (χ3n) is 3.50. The van der Waals surface area contributed by atoms with Crippen molar-refractivity contribution in [2.75, 3.05) is 11.1 Å². The van der Waals surface area contributed by atoms with Gasteiger partial charge in [-0.05, 0) is 42.3 Å². The molecule has 0 aliphatic carbocycles. The van der Waals surface area contributed by atoms with Gasteiger partial charge in [0.2, 0.25) is 0 Å². The topological polar surface area (TPSA) is 41.1 Å². The van der Waals surface area contributed by atoms with Crippen LogP contribution in [0.4, 0.5) is 23.7 Å². The van der Waals surface area contributed by atoms with Gasteiger partial charge in [-0.15, -0.1) is 11.8 Å². The summed E-state index contributed by atoms with van der Waals surface area (Å²) in [7, 11) is 0. The molecular formula is C16H13F3N2OS. The second kappa shape index (κ2) is 6.54. The highest BCUT2D eigenvalue weighted by Gasteiger charge is 2.23. The van der Waals surface area contributed by atoms with Crippen molar-refractivity contribution in [1.29, 1.82) is 0 Å². The molecule has 0 fully saturated rings. The number of thioether (sulfide) groups is 1. The fraction of sp³-hybridized carbons (Fsp3) is 0.188. The van der Waals surface area contributed by atoms with Crippen LogP contribution in [0.3, 0.4) is 0 Å². The lowest BCUT2D eigenvalue weighted by Crippen LogP contribution is -2.34. The van der Waals surface area contributed by atoms with Gasteiger partial charge in [0.15, 0.2) is 0 Å². The number of urea groups is 1. The van der Waals surface area contributed by atoms with Gasteiger partial charge in [-0.3, -0.25) is 0 Å². The molecule has 1 atom stereocenters. The van der Waals surface area contributed by atoms with E-state index in [2.05, 4.69) is 10.6 Å². The number of anilines is 1. The van der Waals surface area contributed by atoms with Gasteiger partial charge in [-0.1, -0.05) is 0 Å². The van der Waals surface area contributed by atoms with Crippen molar-refractivity contribution in [2.24, 2.45) is 0 Å². The monoisotopic (exact) mass is 338 g/mol. The van der Waals surface area contributed by atoms with Crippen LogP contribution in [0.25, 0.3) is 0 Å². The number of halogens is 3. The van der Waals surface area contributed by atoms with E-state index < -0.39 is 17.7 Å². The van der Waals surface area contributed by atoms with E-state index in [1.807, 2.05) is 0 Å². The Balaban J connectivity index is 1.73. The molecule has 0 unspecified atom stereocenters. The third kappa shape index (κ3) is 3.61. The Bertz CT molecular complexity index is 754. The summed E-state index contributed by atoms with van der Waals surface area (Å²) in [6, 6.07) is 6.37. The van der Waals surface area contributed by atoms with Crippen molar-refractivity contribution in [3.63, 3.8) is 0 Å². The first-order chi connectivity index (χ1) is 11.0. The zero-order valence-electron chi connectivity index (χ0n) is 11.9. The molecule has 2 aromatic carbocycles. The van der Waals surface area contributed by atoms with Crippen LogP contribution in [0.15, 0.2) is 41.3 Å². The Labute approximate surface area is 135 Å². The predicted octanol–water partition coefficient (Wildman–Crippen LogP) is 4.46. The number of amides is 2. The molecule has 2 N–H and O–H groups in total. The first-order valence-electron chi connectivity index (χ1n) is 6.98. The van der Waals surface area contributed by atoms with E-state index in [1.54, 1.807) is 17.8 Å². The van der Waals surface area contributed by atoms with E-state index in [0.29, 0.717) is 18.1 Å². The van der Waals surface area contributed by atoms with E-state index in [9.17, 15) is 18.0 Å². The van der Waals surface area contributed by atoms with Gasteiger partial charge < -0.3 is 10.6 Å². The van der Waals surface area contributed by atoms with Gasteiger partial charge >= 0.3 is 6.03 Å². The number of fused-ring (bicyclic) bond motifs is 1. The summed E-state index contributed by atoms with van der Waals surface area (Å²) in [6.07, 6.45) is 0.639. The van der Waals surface area contributed by atoms with Gasteiger partial charge in [0.05, 0.1) is 11.7 Å². The SMILES string of the molecule is O=C(Nc1ccc(F)cc1F)N[C@H]1CCSc2ccc(F)cc21. The Morgan fingerprint density at radius 1 is 1.09 bits per heavy atom. The normalized spacial score (nSPS) is 16.6. The van der Waals surface area contributed by atoms with Crippen LogP contribution in [0.2, 0.25) is 0 Å². The lowest BCUT2D eigenvalue weighted by atomic mass is 10.0. The average Bonchev–Trinajstić information content (AvgIpc) is 2.51. The summed E-state index contributed by atoms with van der Waals surface area (Å²) in [5, 5.41) is 5.04. The highest BCUT2D eigenvalue weighted by Crippen LogP contribution is 2.36. The second-order valence-electron chi connectivity index (χ2n) is 5.09. The van der Waals surface area contributed by atoms with E-state index in [-0.39, 0.29) is 17.5 Å². The number of nitrogens with one attached hydrogen (secondary N) is 2. The van der Waals surface area contributed by atoms with Gasteiger partial charge in [0, 0.05) is 16.7 Å². The van der Waals surface area contributed by atoms with Crippen LogP contribution >= 0.6 is 11.8 Å². The van der Waals surface area contributed by atoms with Gasteiger partial charge in [-0.25, -0.2) is 18.0 Å². The lowest BCUT2D eigenvalue weighted by molar-refractivity contribution is 0.248. The Morgan fingerprint density at radius 3 is 2.61 bits per heavy atom. The molecule has 2 amide bonds. The summed E-state index contributed by atoms with van der Waals surface area (Å²) in [5.41, 5.74) is 0.588. The summed E-state index contributed by atoms with van der Waals surface area (Å²) in [4.78, 5) is 12.9. The maximum absolute atomic E-state index is 13.5. The molecule has 2 aromatic rings. The molecule has 0 saturated carbocycles. The molecule has 0 radical (unpaired) electrons. The molecule has 7 heteroatoms. The summed E-state index contributed by atoms with van der Waals surface area (Å²) in [6.45, 7) is 0. The van der Waals surface area contributed by atoms with Crippen molar-refractivity contribution in [3.05, 3.63) is 59.4 Å². The van der Waals surface area contributed by atoms with E-state index >= 15 is 0 Å². The molecule has 0 aromatic heterocycles. The minimum Gasteiger partial charge on any atom is -0.331 e. The number of carbonyl (C=O) groups is 1. The molecule has 3 nitrogen and oxygen atoms in total. The number of hydrogen-bond acceptors (Lipinski definition) is 2.